The van der Waals surface area contributed by atoms with E-state index in [2.05, 4.69) is 10.6 Å². The average Bonchev–Trinajstić information content (AvgIpc) is 3.21. The topological polar surface area (TPSA) is 76.7 Å². The van der Waals surface area contributed by atoms with Crippen LogP contribution < -0.4 is 15.4 Å². The lowest BCUT2D eigenvalue weighted by atomic mass is 10.0. The Morgan fingerprint density at radius 3 is 2.46 bits per heavy atom. The summed E-state index contributed by atoms with van der Waals surface area (Å²) in [6.07, 6.45) is 0.624. The molecule has 0 bridgehead atoms. The molecule has 0 aliphatic heterocycles. The molecule has 0 spiro atoms. The number of rotatable bonds is 9. The second kappa shape index (κ2) is 13.1. The molecule has 2 aromatic carbocycles. The molecule has 35 heavy (non-hydrogen) atoms. The van der Waals surface area contributed by atoms with Crippen LogP contribution >= 0.6 is 58.4 Å². The number of ether oxygens (including phenoxy) is 2. The van der Waals surface area contributed by atoms with Crippen molar-refractivity contribution in [3.63, 3.8) is 0 Å². The first-order chi connectivity index (χ1) is 16.8. The lowest BCUT2D eigenvalue weighted by Gasteiger charge is -2.12. The van der Waals surface area contributed by atoms with Crippen LogP contribution in [0.2, 0.25) is 15.1 Å². The highest BCUT2D eigenvalue weighted by Crippen LogP contribution is 2.36. The van der Waals surface area contributed by atoms with Crippen molar-refractivity contribution in [2.75, 3.05) is 18.5 Å². The zero-order valence-corrected chi connectivity index (χ0v) is 22.4. The fourth-order valence-corrected chi connectivity index (χ4v) is 4.86. The summed E-state index contributed by atoms with van der Waals surface area (Å²) < 4.78 is 10.8. The molecule has 0 fully saturated rings. The summed E-state index contributed by atoms with van der Waals surface area (Å²) in [5.74, 6) is -0.289. The molecular weight excluding hydrogens is 551 g/mol. The second-order valence-corrected chi connectivity index (χ2v) is 9.68. The predicted octanol–water partition coefficient (Wildman–Crippen LogP) is 7.22. The van der Waals surface area contributed by atoms with E-state index in [-0.39, 0.29) is 30.7 Å². The van der Waals surface area contributed by atoms with Crippen LogP contribution in [0.1, 0.15) is 30.1 Å². The Bertz CT molecular complexity index is 1220. The van der Waals surface area contributed by atoms with Gasteiger partial charge in [-0.25, -0.2) is 4.79 Å². The van der Waals surface area contributed by atoms with Gasteiger partial charge in [0.15, 0.2) is 5.11 Å². The monoisotopic (exact) mass is 570 g/mol. The summed E-state index contributed by atoms with van der Waals surface area (Å²) in [4.78, 5) is 25.0. The Morgan fingerprint density at radius 2 is 1.77 bits per heavy atom. The minimum absolute atomic E-state index is 0.0757. The van der Waals surface area contributed by atoms with Gasteiger partial charge in [0.1, 0.15) is 16.3 Å². The lowest BCUT2D eigenvalue weighted by molar-refractivity contribution is -0.119. The summed E-state index contributed by atoms with van der Waals surface area (Å²) in [5.41, 5.74) is 1.82. The van der Waals surface area contributed by atoms with Crippen molar-refractivity contribution in [2.45, 2.75) is 19.8 Å². The van der Waals surface area contributed by atoms with Crippen LogP contribution in [0.5, 0.6) is 5.75 Å². The van der Waals surface area contributed by atoms with Gasteiger partial charge in [0, 0.05) is 27.4 Å². The third-order valence-electron chi connectivity index (χ3n) is 4.61. The van der Waals surface area contributed by atoms with Crippen LogP contribution in [0.4, 0.5) is 5.00 Å². The SMILES string of the molecule is CCOC(=O)c1c(-c2ccc(Cl)cc2)csc1NC(=S)NC(=O)CCCOc1ccc(Cl)cc1Cl. The number of carbonyl (C=O) groups excluding carboxylic acids is 2. The van der Waals surface area contributed by atoms with Gasteiger partial charge in [-0.3, -0.25) is 4.79 Å². The Kier molecular flexibility index (Phi) is 10.2. The van der Waals surface area contributed by atoms with Crippen molar-refractivity contribution in [3.8, 4) is 16.9 Å². The lowest BCUT2D eigenvalue weighted by Crippen LogP contribution is -2.34. The Labute approximate surface area is 227 Å². The van der Waals surface area contributed by atoms with Crippen LogP contribution in [0.25, 0.3) is 11.1 Å². The summed E-state index contributed by atoms with van der Waals surface area (Å²) >= 11 is 24.5. The summed E-state index contributed by atoms with van der Waals surface area (Å²) in [6.45, 7) is 2.24. The molecule has 0 aliphatic carbocycles. The number of thiocarbonyl (C=S) groups is 1. The van der Waals surface area contributed by atoms with E-state index in [0.717, 1.165) is 5.56 Å². The van der Waals surface area contributed by atoms with E-state index < -0.39 is 5.97 Å². The molecule has 11 heteroatoms. The van der Waals surface area contributed by atoms with Crippen LogP contribution in [-0.2, 0) is 9.53 Å². The van der Waals surface area contributed by atoms with E-state index in [4.69, 9.17) is 56.5 Å². The average molecular weight is 572 g/mol. The van der Waals surface area contributed by atoms with Crippen LogP contribution in [0.15, 0.2) is 47.8 Å². The van der Waals surface area contributed by atoms with Crippen molar-refractivity contribution in [1.82, 2.24) is 5.32 Å². The van der Waals surface area contributed by atoms with E-state index in [1.54, 1.807) is 37.3 Å². The molecular formula is C24H21Cl3N2O4S2. The van der Waals surface area contributed by atoms with Gasteiger partial charge in [0.2, 0.25) is 5.91 Å². The maximum absolute atomic E-state index is 12.7. The van der Waals surface area contributed by atoms with E-state index in [0.29, 0.717) is 43.4 Å². The molecule has 3 rings (SSSR count). The van der Waals surface area contributed by atoms with Crippen molar-refractivity contribution < 1.29 is 19.1 Å². The zero-order valence-electron chi connectivity index (χ0n) is 18.5. The highest BCUT2D eigenvalue weighted by Gasteiger charge is 2.22. The number of esters is 1. The molecule has 6 nitrogen and oxygen atoms in total. The van der Waals surface area contributed by atoms with E-state index in [1.165, 1.54) is 11.3 Å². The standard InChI is InChI=1S/C24H21Cl3N2O4S2/c1-2-32-23(31)21-17(14-5-7-15(25)8-6-14)13-35-22(21)29-24(34)28-20(30)4-3-11-33-19-10-9-16(26)12-18(19)27/h5-10,12-13H,2-4,11H2,1H3,(H2,28,29,30,34). The Morgan fingerprint density at radius 1 is 1.06 bits per heavy atom. The fraction of sp³-hybridized carbons (Fsp3) is 0.208. The zero-order chi connectivity index (χ0) is 25.4. The number of hydrogen-bond donors (Lipinski definition) is 2. The number of nitrogens with one attached hydrogen (secondary N) is 2. The van der Waals surface area contributed by atoms with Crippen molar-refractivity contribution >= 4 is 80.3 Å². The molecule has 3 aromatic rings. The number of benzene rings is 2. The van der Waals surface area contributed by atoms with E-state index >= 15 is 0 Å². The van der Waals surface area contributed by atoms with Gasteiger partial charge in [0.25, 0.3) is 0 Å². The van der Waals surface area contributed by atoms with Gasteiger partial charge < -0.3 is 20.1 Å². The number of hydrogen-bond acceptors (Lipinski definition) is 6. The highest BCUT2D eigenvalue weighted by atomic mass is 35.5. The second-order valence-electron chi connectivity index (χ2n) is 7.11. The molecule has 184 valence electrons. The number of anilines is 1. The van der Waals surface area contributed by atoms with E-state index in [1.807, 2.05) is 17.5 Å². The minimum atomic E-state index is -0.492. The van der Waals surface area contributed by atoms with Crippen LogP contribution in [0.3, 0.4) is 0 Å². The quantitative estimate of drug-likeness (QED) is 0.160. The summed E-state index contributed by atoms with van der Waals surface area (Å²) in [5, 5.41) is 9.43. The number of amides is 1. The van der Waals surface area contributed by atoms with Crippen LogP contribution in [0, 0.1) is 0 Å². The molecule has 0 atom stereocenters. The van der Waals surface area contributed by atoms with Crippen LogP contribution in [-0.4, -0.2) is 30.2 Å². The predicted molar refractivity (Wildman–Crippen MR) is 146 cm³/mol. The molecule has 0 saturated heterocycles. The Balaban J connectivity index is 1.58. The van der Waals surface area contributed by atoms with Gasteiger partial charge in [-0.2, -0.15) is 0 Å². The van der Waals surface area contributed by atoms with E-state index in [9.17, 15) is 9.59 Å². The maximum Gasteiger partial charge on any atom is 0.341 e. The first-order valence-electron chi connectivity index (χ1n) is 10.5. The van der Waals surface area contributed by atoms with Gasteiger partial charge in [-0.15, -0.1) is 11.3 Å². The third kappa shape index (κ3) is 7.81. The fourth-order valence-electron chi connectivity index (χ4n) is 3.03. The molecule has 0 unspecified atom stereocenters. The van der Waals surface area contributed by atoms with Gasteiger partial charge >= 0.3 is 5.97 Å². The van der Waals surface area contributed by atoms with Gasteiger partial charge in [-0.05, 0) is 61.5 Å². The highest BCUT2D eigenvalue weighted by molar-refractivity contribution is 7.80. The number of thiophene rings is 1. The Hall–Kier alpha value is -2.36. The maximum atomic E-state index is 12.7. The first kappa shape index (κ1) is 27.2. The first-order valence-corrected chi connectivity index (χ1v) is 12.9. The minimum Gasteiger partial charge on any atom is -0.492 e. The normalized spacial score (nSPS) is 10.5. The summed E-state index contributed by atoms with van der Waals surface area (Å²) in [6, 6.07) is 12.0. The molecule has 2 N–H and O–H groups in total. The smallest absolute Gasteiger partial charge is 0.341 e. The summed E-state index contributed by atoms with van der Waals surface area (Å²) in [7, 11) is 0. The molecule has 0 saturated carbocycles. The van der Waals surface area contributed by atoms with Gasteiger partial charge in [-0.1, -0.05) is 46.9 Å². The van der Waals surface area contributed by atoms with Gasteiger partial charge in [0.05, 0.1) is 18.2 Å². The third-order valence-corrected chi connectivity index (χ3v) is 6.49. The molecule has 0 radical (unpaired) electrons. The largest absolute Gasteiger partial charge is 0.492 e. The van der Waals surface area contributed by atoms with Crippen molar-refractivity contribution in [1.29, 1.82) is 0 Å². The molecule has 1 aromatic heterocycles. The van der Waals surface area contributed by atoms with Crippen molar-refractivity contribution in [2.24, 2.45) is 0 Å². The number of carbonyl (C=O) groups is 2. The van der Waals surface area contributed by atoms with Crippen molar-refractivity contribution in [3.05, 3.63) is 68.5 Å². The molecule has 0 aliphatic rings. The molecule has 1 heterocycles. The molecule has 1 amide bonds. The number of halogens is 3.